The first-order valence-electron chi connectivity index (χ1n) is 15.4. The predicted octanol–water partition coefficient (Wildman–Crippen LogP) is 9.01. The standard InChI is InChI=1S/C36H46F3NO4/c1-22(2)28-20-30(23(3)4)34(31(21-28)24(5)6)26-13-15-29(16-14-26)44-32(8-7-18-36(37,38)39)25-9-11-27(12-10-25)35(43)40-19-17-33(41)42/h9-16,20-24,32-33,41-42H,7-8,17-19H2,1-6H3,(H,40,43). The summed E-state index contributed by atoms with van der Waals surface area (Å²) in [6.45, 7) is 13.3. The lowest BCUT2D eigenvalue weighted by Crippen LogP contribution is -2.27. The quantitative estimate of drug-likeness (QED) is 0.159. The summed E-state index contributed by atoms with van der Waals surface area (Å²) < 4.78 is 45.2. The molecule has 3 N–H and O–H groups in total. The number of hydrogen-bond donors (Lipinski definition) is 3. The Balaban J connectivity index is 1.88. The topological polar surface area (TPSA) is 78.8 Å². The Morgan fingerprint density at radius 3 is 1.84 bits per heavy atom. The summed E-state index contributed by atoms with van der Waals surface area (Å²) in [5.41, 5.74) is 7.19. The second-order valence-corrected chi connectivity index (χ2v) is 12.3. The van der Waals surface area contributed by atoms with Gasteiger partial charge in [-0.3, -0.25) is 4.79 Å². The molecule has 1 atom stereocenters. The Bertz CT molecular complexity index is 1320. The summed E-state index contributed by atoms with van der Waals surface area (Å²) in [6, 6.07) is 18.9. The Morgan fingerprint density at radius 2 is 1.36 bits per heavy atom. The molecule has 0 bridgehead atoms. The third kappa shape index (κ3) is 10.1. The molecule has 3 rings (SSSR count). The molecule has 0 aromatic heterocycles. The van der Waals surface area contributed by atoms with Gasteiger partial charge in [0.15, 0.2) is 6.29 Å². The van der Waals surface area contributed by atoms with Crippen molar-refractivity contribution in [3.63, 3.8) is 0 Å². The molecule has 44 heavy (non-hydrogen) atoms. The van der Waals surface area contributed by atoms with Crippen LogP contribution >= 0.6 is 0 Å². The number of nitrogens with one attached hydrogen (secondary N) is 1. The van der Waals surface area contributed by atoms with Crippen LogP contribution in [-0.4, -0.2) is 35.1 Å². The number of alkyl halides is 3. The van der Waals surface area contributed by atoms with Crippen molar-refractivity contribution in [2.45, 2.75) is 104 Å². The molecule has 0 spiro atoms. The average Bonchev–Trinajstić information content (AvgIpc) is 2.95. The number of aliphatic hydroxyl groups excluding tert-OH is 1. The van der Waals surface area contributed by atoms with E-state index >= 15 is 0 Å². The van der Waals surface area contributed by atoms with E-state index < -0.39 is 25.0 Å². The van der Waals surface area contributed by atoms with Crippen molar-refractivity contribution in [1.29, 1.82) is 0 Å². The van der Waals surface area contributed by atoms with Gasteiger partial charge in [-0.25, -0.2) is 0 Å². The minimum atomic E-state index is -4.26. The van der Waals surface area contributed by atoms with Gasteiger partial charge in [0.05, 0.1) is 0 Å². The zero-order valence-corrected chi connectivity index (χ0v) is 26.5. The largest absolute Gasteiger partial charge is 0.486 e. The summed E-state index contributed by atoms with van der Waals surface area (Å²) in [5, 5.41) is 20.5. The third-order valence-electron chi connectivity index (χ3n) is 7.71. The number of hydrogen-bond acceptors (Lipinski definition) is 4. The van der Waals surface area contributed by atoms with Crippen LogP contribution in [0.25, 0.3) is 11.1 Å². The molecular formula is C36H46F3NO4. The zero-order chi connectivity index (χ0) is 32.6. The van der Waals surface area contributed by atoms with Crippen molar-refractivity contribution < 1.29 is 32.9 Å². The van der Waals surface area contributed by atoms with E-state index in [9.17, 15) is 18.0 Å². The summed E-state index contributed by atoms with van der Waals surface area (Å²) in [7, 11) is 0. The molecule has 0 aliphatic rings. The highest BCUT2D eigenvalue weighted by Gasteiger charge is 2.27. The zero-order valence-electron chi connectivity index (χ0n) is 26.5. The van der Waals surface area contributed by atoms with E-state index in [0.717, 1.165) is 5.56 Å². The smallest absolute Gasteiger partial charge is 0.389 e. The molecule has 0 saturated heterocycles. The van der Waals surface area contributed by atoms with Gasteiger partial charge in [0.1, 0.15) is 11.9 Å². The predicted molar refractivity (Wildman–Crippen MR) is 169 cm³/mol. The molecule has 240 valence electrons. The fraction of sp³-hybridized carbons (Fsp3) is 0.472. The number of carbonyl (C=O) groups excluding carboxylic acids is 1. The second-order valence-electron chi connectivity index (χ2n) is 12.3. The van der Waals surface area contributed by atoms with Crippen LogP contribution in [0.15, 0.2) is 60.7 Å². The maximum Gasteiger partial charge on any atom is 0.389 e. The first-order valence-corrected chi connectivity index (χ1v) is 15.4. The van der Waals surface area contributed by atoms with Gasteiger partial charge in [0.25, 0.3) is 5.91 Å². The van der Waals surface area contributed by atoms with Gasteiger partial charge >= 0.3 is 6.18 Å². The molecule has 0 saturated carbocycles. The number of amides is 1. The van der Waals surface area contributed by atoms with Gasteiger partial charge in [-0.15, -0.1) is 0 Å². The van der Waals surface area contributed by atoms with Crippen LogP contribution < -0.4 is 10.1 Å². The molecule has 0 fully saturated rings. The fourth-order valence-corrected chi connectivity index (χ4v) is 5.20. The monoisotopic (exact) mass is 613 g/mol. The van der Waals surface area contributed by atoms with Crippen LogP contribution in [0.3, 0.4) is 0 Å². The van der Waals surface area contributed by atoms with Gasteiger partial charge < -0.3 is 20.3 Å². The number of benzene rings is 3. The van der Waals surface area contributed by atoms with Crippen LogP contribution in [0.2, 0.25) is 0 Å². The number of halogens is 3. The highest BCUT2D eigenvalue weighted by atomic mass is 19.4. The van der Waals surface area contributed by atoms with Gasteiger partial charge in [0.2, 0.25) is 0 Å². The Hall–Kier alpha value is -3.36. The summed E-state index contributed by atoms with van der Waals surface area (Å²) in [5.74, 6) is 1.21. The lowest BCUT2D eigenvalue weighted by molar-refractivity contribution is -0.136. The van der Waals surface area contributed by atoms with Crippen molar-refractivity contribution in [2.24, 2.45) is 0 Å². The Kier molecular flexibility index (Phi) is 12.4. The molecule has 3 aromatic rings. The lowest BCUT2D eigenvalue weighted by Gasteiger charge is -2.24. The average molecular weight is 614 g/mol. The minimum absolute atomic E-state index is 0.00144. The number of aliphatic hydroxyl groups is 2. The summed E-state index contributed by atoms with van der Waals surface area (Å²) in [4.78, 5) is 12.4. The van der Waals surface area contributed by atoms with E-state index in [2.05, 4.69) is 59.0 Å². The molecule has 5 nitrogen and oxygen atoms in total. The lowest BCUT2D eigenvalue weighted by atomic mass is 9.82. The summed E-state index contributed by atoms with van der Waals surface area (Å²) >= 11 is 0. The molecule has 0 radical (unpaired) electrons. The fourth-order valence-electron chi connectivity index (χ4n) is 5.20. The Labute approximate surface area is 259 Å². The van der Waals surface area contributed by atoms with Gasteiger partial charge in [0, 0.05) is 24.9 Å². The SMILES string of the molecule is CC(C)c1cc(C(C)C)c(-c2ccc(OC(CCCC(F)(F)F)c3ccc(C(=O)NCCC(O)O)cc3)cc2)c(C(C)C)c1. The minimum Gasteiger partial charge on any atom is -0.486 e. The van der Waals surface area contributed by atoms with Gasteiger partial charge in [-0.1, -0.05) is 77.9 Å². The van der Waals surface area contributed by atoms with E-state index in [1.807, 2.05) is 24.3 Å². The van der Waals surface area contributed by atoms with Crippen LogP contribution in [0.5, 0.6) is 5.75 Å². The third-order valence-corrected chi connectivity index (χ3v) is 7.71. The molecule has 3 aromatic carbocycles. The molecule has 0 aliphatic carbocycles. The highest BCUT2D eigenvalue weighted by Crippen LogP contribution is 2.40. The van der Waals surface area contributed by atoms with E-state index in [1.54, 1.807) is 24.3 Å². The number of carbonyl (C=O) groups is 1. The molecule has 1 unspecified atom stereocenters. The van der Waals surface area contributed by atoms with E-state index in [1.165, 1.54) is 22.3 Å². The van der Waals surface area contributed by atoms with Crippen LogP contribution in [-0.2, 0) is 0 Å². The molecule has 0 heterocycles. The van der Waals surface area contributed by atoms with Crippen molar-refractivity contribution in [2.75, 3.05) is 6.54 Å². The van der Waals surface area contributed by atoms with Crippen molar-refractivity contribution in [3.8, 4) is 16.9 Å². The van der Waals surface area contributed by atoms with Crippen LogP contribution in [0, 0.1) is 0 Å². The van der Waals surface area contributed by atoms with Gasteiger partial charge in [-0.2, -0.15) is 13.2 Å². The van der Waals surface area contributed by atoms with Crippen molar-refractivity contribution in [1.82, 2.24) is 5.32 Å². The summed E-state index contributed by atoms with van der Waals surface area (Å²) in [6.07, 6.45) is -7.29. The molecule has 1 amide bonds. The van der Waals surface area contributed by atoms with Crippen LogP contribution in [0.4, 0.5) is 13.2 Å². The molecule has 0 aliphatic heterocycles. The first kappa shape index (κ1) is 35.1. The van der Waals surface area contributed by atoms with E-state index in [0.29, 0.717) is 34.6 Å². The maximum atomic E-state index is 13.0. The normalized spacial score (nSPS) is 12.8. The molecular weight excluding hydrogens is 567 g/mol. The first-order chi connectivity index (χ1) is 20.7. The van der Waals surface area contributed by atoms with E-state index in [4.69, 9.17) is 14.9 Å². The van der Waals surface area contributed by atoms with E-state index in [-0.39, 0.29) is 31.7 Å². The van der Waals surface area contributed by atoms with Crippen molar-refractivity contribution in [3.05, 3.63) is 88.5 Å². The number of ether oxygens (including phenoxy) is 1. The second kappa shape index (κ2) is 15.6. The Morgan fingerprint density at radius 1 is 0.795 bits per heavy atom. The van der Waals surface area contributed by atoms with Crippen molar-refractivity contribution >= 4 is 5.91 Å². The highest BCUT2D eigenvalue weighted by molar-refractivity contribution is 5.94. The van der Waals surface area contributed by atoms with Gasteiger partial charge in [-0.05, 0) is 88.2 Å². The number of rotatable bonds is 14. The maximum absolute atomic E-state index is 13.0. The van der Waals surface area contributed by atoms with Crippen LogP contribution in [0.1, 0.15) is 124 Å². The molecule has 8 heteroatoms.